The smallest absolute Gasteiger partial charge is 0.363 e. The van der Waals surface area contributed by atoms with E-state index >= 15 is 0 Å². The molecule has 0 aliphatic carbocycles. The van der Waals surface area contributed by atoms with E-state index in [0.29, 0.717) is 13.1 Å². The van der Waals surface area contributed by atoms with Crippen LogP contribution in [0.15, 0.2) is 6.20 Å². The molecule has 0 amide bonds. The Morgan fingerprint density at radius 3 is 2.56 bits per heavy atom. The zero-order valence-corrected chi connectivity index (χ0v) is 10.4. The van der Waals surface area contributed by atoms with Crippen molar-refractivity contribution in [1.82, 2.24) is 14.7 Å². The molecule has 0 bridgehead atoms. The first-order valence-electron chi connectivity index (χ1n) is 5.67. The van der Waals surface area contributed by atoms with E-state index in [2.05, 4.69) is 10.00 Å². The fourth-order valence-electron chi connectivity index (χ4n) is 1.60. The van der Waals surface area contributed by atoms with E-state index in [1.807, 2.05) is 13.8 Å². The van der Waals surface area contributed by atoms with Crippen LogP contribution in [0.4, 0.5) is 5.69 Å². The van der Waals surface area contributed by atoms with E-state index in [1.165, 1.54) is 4.68 Å². The van der Waals surface area contributed by atoms with Gasteiger partial charge in [-0.2, -0.15) is 5.10 Å². The third kappa shape index (κ3) is 3.27. The van der Waals surface area contributed by atoms with Gasteiger partial charge in [0.1, 0.15) is 6.20 Å². The maximum Gasteiger partial charge on any atom is 0.363 e. The van der Waals surface area contributed by atoms with Crippen LogP contribution in [0.25, 0.3) is 0 Å². The Morgan fingerprint density at radius 2 is 2.17 bits per heavy atom. The van der Waals surface area contributed by atoms with Crippen LogP contribution in [0, 0.1) is 10.1 Å². The highest BCUT2D eigenvalue weighted by molar-refractivity contribution is 5.89. The van der Waals surface area contributed by atoms with E-state index in [-0.39, 0.29) is 0 Å². The SMILES string of the molecule is CCN(CC)CCn1cc([N+](=O)[O-])c(C(=O)O)n1. The molecule has 8 heteroatoms. The fourth-order valence-corrected chi connectivity index (χ4v) is 1.60. The summed E-state index contributed by atoms with van der Waals surface area (Å²) in [5.74, 6) is -1.39. The Hall–Kier alpha value is -1.96. The van der Waals surface area contributed by atoms with Gasteiger partial charge < -0.3 is 10.0 Å². The summed E-state index contributed by atoms with van der Waals surface area (Å²) in [6.07, 6.45) is 1.16. The number of aromatic nitrogens is 2. The lowest BCUT2D eigenvalue weighted by Crippen LogP contribution is -2.27. The van der Waals surface area contributed by atoms with Gasteiger partial charge in [0, 0.05) is 6.54 Å². The number of nitro groups is 1. The zero-order chi connectivity index (χ0) is 13.7. The summed E-state index contributed by atoms with van der Waals surface area (Å²) >= 11 is 0. The van der Waals surface area contributed by atoms with Crippen molar-refractivity contribution in [3.05, 3.63) is 22.0 Å². The van der Waals surface area contributed by atoms with E-state index < -0.39 is 22.3 Å². The summed E-state index contributed by atoms with van der Waals surface area (Å²) in [5.41, 5.74) is -0.985. The predicted octanol–water partition coefficient (Wildman–Crippen LogP) is 0.831. The van der Waals surface area contributed by atoms with Crippen LogP contribution in [0.5, 0.6) is 0 Å². The lowest BCUT2D eigenvalue weighted by Gasteiger charge is -2.17. The molecule has 100 valence electrons. The molecule has 0 saturated heterocycles. The van der Waals surface area contributed by atoms with Crippen LogP contribution in [0.3, 0.4) is 0 Å². The van der Waals surface area contributed by atoms with Crippen molar-refractivity contribution in [2.45, 2.75) is 20.4 Å². The second-order valence-corrected chi connectivity index (χ2v) is 3.72. The summed E-state index contributed by atoms with van der Waals surface area (Å²) in [6, 6.07) is 0. The Balaban J connectivity index is 2.82. The second-order valence-electron chi connectivity index (χ2n) is 3.72. The summed E-state index contributed by atoms with van der Waals surface area (Å²) in [7, 11) is 0. The molecule has 0 unspecified atom stereocenters. The molecule has 0 aliphatic rings. The standard InChI is InChI=1S/C10H16N4O4/c1-3-12(4-2)5-6-13-7-8(14(17)18)9(11-13)10(15)16/h7H,3-6H2,1-2H3,(H,15,16). The Bertz CT molecular complexity index is 408. The monoisotopic (exact) mass is 256 g/mol. The molecule has 0 saturated carbocycles. The van der Waals surface area contributed by atoms with Gasteiger partial charge in [-0.3, -0.25) is 14.8 Å². The summed E-state index contributed by atoms with van der Waals surface area (Å²) in [5, 5.41) is 23.2. The van der Waals surface area contributed by atoms with E-state index in [9.17, 15) is 14.9 Å². The first-order valence-corrected chi connectivity index (χ1v) is 5.67. The number of nitrogens with zero attached hydrogens (tertiary/aromatic N) is 4. The maximum atomic E-state index is 10.8. The number of hydrogen-bond acceptors (Lipinski definition) is 5. The first kappa shape index (κ1) is 14.1. The van der Waals surface area contributed by atoms with Crippen molar-refractivity contribution in [3.8, 4) is 0 Å². The number of likely N-dealkylation sites (N-methyl/N-ethyl adjacent to an activating group) is 1. The highest BCUT2D eigenvalue weighted by Crippen LogP contribution is 2.16. The molecule has 18 heavy (non-hydrogen) atoms. The van der Waals surface area contributed by atoms with Gasteiger partial charge in [0.05, 0.1) is 11.5 Å². The van der Waals surface area contributed by atoms with E-state index in [0.717, 1.165) is 19.3 Å². The average Bonchev–Trinajstić information content (AvgIpc) is 2.75. The van der Waals surface area contributed by atoms with Crippen LogP contribution in [0.1, 0.15) is 24.3 Å². The van der Waals surface area contributed by atoms with Gasteiger partial charge in [-0.25, -0.2) is 4.79 Å². The van der Waals surface area contributed by atoms with Crippen LogP contribution < -0.4 is 0 Å². The summed E-state index contributed by atoms with van der Waals surface area (Å²) < 4.78 is 1.31. The molecule has 1 heterocycles. The molecular formula is C10H16N4O4. The first-order chi connectivity index (χ1) is 8.49. The number of aromatic carboxylic acids is 1. The Kier molecular flexibility index (Phi) is 4.78. The van der Waals surface area contributed by atoms with Crippen molar-refractivity contribution in [1.29, 1.82) is 0 Å². The second kappa shape index (κ2) is 6.10. The number of carboxylic acids is 1. The molecule has 8 nitrogen and oxygen atoms in total. The van der Waals surface area contributed by atoms with Crippen molar-refractivity contribution in [2.24, 2.45) is 0 Å². The van der Waals surface area contributed by atoms with E-state index in [4.69, 9.17) is 5.11 Å². The topological polar surface area (TPSA) is 102 Å². The normalized spacial score (nSPS) is 10.8. The molecule has 0 atom stereocenters. The molecule has 0 fully saturated rings. The lowest BCUT2D eigenvalue weighted by molar-refractivity contribution is -0.385. The molecule has 0 radical (unpaired) electrons. The minimum Gasteiger partial charge on any atom is -0.476 e. The summed E-state index contributed by atoms with van der Waals surface area (Å²) in [4.78, 5) is 22.9. The minimum atomic E-state index is -1.39. The van der Waals surface area contributed by atoms with Gasteiger partial charge in [-0.1, -0.05) is 13.8 Å². The van der Waals surface area contributed by atoms with Crippen LogP contribution >= 0.6 is 0 Å². The largest absolute Gasteiger partial charge is 0.476 e. The Labute approximate surface area is 104 Å². The van der Waals surface area contributed by atoms with Gasteiger partial charge in [-0.15, -0.1) is 0 Å². The molecule has 0 aliphatic heterocycles. The van der Waals surface area contributed by atoms with Crippen LogP contribution in [0.2, 0.25) is 0 Å². The minimum absolute atomic E-state index is 0.426. The zero-order valence-electron chi connectivity index (χ0n) is 10.4. The number of hydrogen-bond donors (Lipinski definition) is 1. The molecule has 0 aromatic carbocycles. The number of rotatable bonds is 7. The quantitative estimate of drug-likeness (QED) is 0.572. The van der Waals surface area contributed by atoms with Crippen LogP contribution in [-0.2, 0) is 6.54 Å². The van der Waals surface area contributed by atoms with E-state index in [1.54, 1.807) is 0 Å². The average molecular weight is 256 g/mol. The van der Waals surface area contributed by atoms with Gasteiger partial charge >= 0.3 is 11.7 Å². The molecule has 0 spiro atoms. The molecule has 1 N–H and O–H groups in total. The molecule has 1 aromatic rings. The lowest BCUT2D eigenvalue weighted by atomic mass is 10.4. The van der Waals surface area contributed by atoms with Crippen LogP contribution in [-0.4, -0.2) is 50.3 Å². The number of carbonyl (C=O) groups is 1. The predicted molar refractivity (Wildman–Crippen MR) is 63.6 cm³/mol. The van der Waals surface area contributed by atoms with Crippen molar-refractivity contribution < 1.29 is 14.8 Å². The van der Waals surface area contributed by atoms with Crippen molar-refractivity contribution >= 4 is 11.7 Å². The summed E-state index contributed by atoms with van der Waals surface area (Å²) in [6.45, 7) is 6.85. The van der Waals surface area contributed by atoms with Gasteiger partial charge in [0.25, 0.3) is 0 Å². The third-order valence-corrected chi connectivity index (χ3v) is 2.68. The molecule has 1 rings (SSSR count). The highest BCUT2D eigenvalue weighted by Gasteiger charge is 2.24. The highest BCUT2D eigenvalue weighted by atomic mass is 16.6. The van der Waals surface area contributed by atoms with Crippen molar-refractivity contribution in [3.63, 3.8) is 0 Å². The maximum absolute atomic E-state index is 10.8. The third-order valence-electron chi connectivity index (χ3n) is 2.68. The van der Waals surface area contributed by atoms with Gasteiger partial charge in [-0.05, 0) is 13.1 Å². The number of carboxylic acid groups (broad SMARTS) is 1. The fraction of sp³-hybridized carbons (Fsp3) is 0.600. The van der Waals surface area contributed by atoms with Crippen molar-refractivity contribution in [2.75, 3.05) is 19.6 Å². The van der Waals surface area contributed by atoms with Gasteiger partial charge in [0.15, 0.2) is 0 Å². The Morgan fingerprint density at radius 1 is 1.56 bits per heavy atom. The molecular weight excluding hydrogens is 240 g/mol. The molecule has 1 aromatic heterocycles. The van der Waals surface area contributed by atoms with Gasteiger partial charge in [0.2, 0.25) is 5.69 Å².